The second kappa shape index (κ2) is 5.08. The normalized spacial score (nSPS) is 12.9. The van der Waals surface area contributed by atoms with Gasteiger partial charge in [-0.3, -0.25) is 0 Å². The SMILES string of the molecule is COCc1ccc(CC(C)O)cc1F. The molecule has 0 radical (unpaired) electrons. The lowest BCUT2D eigenvalue weighted by molar-refractivity contribution is 0.181. The number of methoxy groups -OCH3 is 1. The Bertz CT molecular complexity index is 297. The zero-order valence-corrected chi connectivity index (χ0v) is 8.46. The van der Waals surface area contributed by atoms with E-state index in [0.29, 0.717) is 12.0 Å². The monoisotopic (exact) mass is 198 g/mol. The number of aliphatic hydroxyl groups is 1. The average Bonchev–Trinajstić information content (AvgIpc) is 2.09. The number of ether oxygens (including phenoxy) is 1. The first-order valence-electron chi connectivity index (χ1n) is 4.57. The molecular weight excluding hydrogens is 183 g/mol. The lowest BCUT2D eigenvalue weighted by Gasteiger charge is -2.07. The lowest BCUT2D eigenvalue weighted by Crippen LogP contribution is -2.05. The van der Waals surface area contributed by atoms with Crippen LogP contribution in [0.4, 0.5) is 4.39 Å². The summed E-state index contributed by atoms with van der Waals surface area (Å²) >= 11 is 0. The van der Waals surface area contributed by atoms with Crippen LogP contribution in [0.1, 0.15) is 18.1 Å². The van der Waals surface area contributed by atoms with E-state index in [0.717, 1.165) is 5.56 Å². The van der Waals surface area contributed by atoms with E-state index in [1.54, 1.807) is 13.0 Å². The predicted octanol–water partition coefficient (Wildman–Crippen LogP) is 1.90. The Labute approximate surface area is 83.3 Å². The van der Waals surface area contributed by atoms with Gasteiger partial charge in [-0.15, -0.1) is 0 Å². The maximum atomic E-state index is 13.3. The van der Waals surface area contributed by atoms with Crippen LogP contribution in [0.25, 0.3) is 0 Å². The van der Waals surface area contributed by atoms with Gasteiger partial charge in [0, 0.05) is 12.7 Å². The zero-order chi connectivity index (χ0) is 10.6. The van der Waals surface area contributed by atoms with Crippen molar-refractivity contribution in [1.29, 1.82) is 0 Å². The number of benzene rings is 1. The molecule has 1 rings (SSSR count). The first kappa shape index (κ1) is 11.1. The van der Waals surface area contributed by atoms with Crippen molar-refractivity contribution < 1.29 is 14.2 Å². The molecular formula is C11H15FO2. The Balaban J connectivity index is 2.78. The van der Waals surface area contributed by atoms with Crippen LogP contribution in [-0.4, -0.2) is 18.3 Å². The van der Waals surface area contributed by atoms with Crippen LogP contribution < -0.4 is 0 Å². The second-order valence-corrected chi connectivity index (χ2v) is 3.41. The summed E-state index contributed by atoms with van der Waals surface area (Å²) < 4.78 is 18.2. The van der Waals surface area contributed by atoms with Crippen molar-refractivity contribution in [2.75, 3.05) is 7.11 Å². The van der Waals surface area contributed by atoms with E-state index in [9.17, 15) is 4.39 Å². The summed E-state index contributed by atoms with van der Waals surface area (Å²) in [6.45, 7) is 1.96. The smallest absolute Gasteiger partial charge is 0.128 e. The largest absolute Gasteiger partial charge is 0.393 e. The Morgan fingerprint density at radius 1 is 1.50 bits per heavy atom. The summed E-state index contributed by atoms with van der Waals surface area (Å²) in [5, 5.41) is 9.12. The van der Waals surface area contributed by atoms with Crippen molar-refractivity contribution in [3.8, 4) is 0 Å². The van der Waals surface area contributed by atoms with E-state index >= 15 is 0 Å². The van der Waals surface area contributed by atoms with E-state index in [-0.39, 0.29) is 12.4 Å². The summed E-state index contributed by atoms with van der Waals surface area (Å²) in [6, 6.07) is 4.95. The molecule has 1 aromatic carbocycles. The Morgan fingerprint density at radius 3 is 2.71 bits per heavy atom. The van der Waals surface area contributed by atoms with Crippen LogP contribution in [-0.2, 0) is 17.8 Å². The highest BCUT2D eigenvalue weighted by atomic mass is 19.1. The Morgan fingerprint density at radius 2 is 2.21 bits per heavy atom. The average molecular weight is 198 g/mol. The third-order valence-corrected chi connectivity index (χ3v) is 1.95. The van der Waals surface area contributed by atoms with Crippen molar-refractivity contribution in [2.24, 2.45) is 0 Å². The molecule has 0 bridgehead atoms. The van der Waals surface area contributed by atoms with Crippen LogP contribution in [0.2, 0.25) is 0 Å². The molecule has 0 fully saturated rings. The molecule has 0 saturated carbocycles. The molecule has 1 atom stereocenters. The minimum atomic E-state index is -0.442. The molecule has 0 aromatic heterocycles. The van der Waals surface area contributed by atoms with Crippen LogP contribution in [0.5, 0.6) is 0 Å². The first-order valence-corrected chi connectivity index (χ1v) is 4.57. The maximum Gasteiger partial charge on any atom is 0.128 e. The summed E-state index contributed by atoms with van der Waals surface area (Å²) in [5.74, 6) is -0.273. The molecule has 0 aliphatic carbocycles. The van der Waals surface area contributed by atoms with Crippen LogP contribution in [0.3, 0.4) is 0 Å². The molecule has 0 aliphatic heterocycles. The molecule has 0 spiro atoms. The highest BCUT2D eigenvalue weighted by molar-refractivity contribution is 5.24. The van der Waals surface area contributed by atoms with E-state index in [2.05, 4.69) is 0 Å². The van der Waals surface area contributed by atoms with E-state index < -0.39 is 6.10 Å². The molecule has 3 heteroatoms. The predicted molar refractivity (Wildman–Crippen MR) is 52.5 cm³/mol. The number of halogens is 1. The van der Waals surface area contributed by atoms with Gasteiger partial charge in [-0.25, -0.2) is 4.39 Å². The van der Waals surface area contributed by atoms with Crippen LogP contribution in [0, 0.1) is 5.82 Å². The molecule has 0 heterocycles. The van der Waals surface area contributed by atoms with E-state index in [1.165, 1.54) is 13.2 Å². The first-order chi connectivity index (χ1) is 6.63. The van der Waals surface area contributed by atoms with Gasteiger partial charge in [0.05, 0.1) is 12.7 Å². The van der Waals surface area contributed by atoms with E-state index in [1.807, 2.05) is 6.07 Å². The Kier molecular flexibility index (Phi) is 4.04. The quantitative estimate of drug-likeness (QED) is 0.800. The number of rotatable bonds is 4. The van der Waals surface area contributed by atoms with Gasteiger partial charge in [-0.2, -0.15) is 0 Å². The molecule has 0 saturated heterocycles. The molecule has 1 unspecified atom stereocenters. The van der Waals surface area contributed by atoms with Gasteiger partial charge < -0.3 is 9.84 Å². The fourth-order valence-corrected chi connectivity index (χ4v) is 1.33. The van der Waals surface area contributed by atoms with Crippen LogP contribution >= 0.6 is 0 Å². The minimum Gasteiger partial charge on any atom is -0.393 e. The third-order valence-electron chi connectivity index (χ3n) is 1.95. The fraction of sp³-hybridized carbons (Fsp3) is 0.455. The van der Waals surface area contributed by atoms with Gasteiger partial charge >= 0.3 is 0 Å². The molecule has 0 amide bonds. The lowest BCUT2D eigenvalue weighted by atomic mass is 10.1. The van der Waals surface area contributed by atoms with Gasteiger partial charge in [-0.1, -0.05) is 12.1 Å². The molecule has 78 valence electrons. The number of aliphatic hydroxyl groups excluding tert-OH is 1. The molecule has 1 N–H and O–H groups in total. The van der Waals surface area contributed by atoms with Gasteiger partial charge in [0.15, 0.2) is 0 Å². The van der Waals surface area contributed by atoms with Gasteiger partial charge in [-0.05, 0) is 25.0 Å². The Hall–Kier alpha value is -0.930. The molecule has 2 nitrogen and oxygen atoms in total. The van der Waals surface area contributed by atoms with Crippen molar-refractivity contribution in [3.05, 3.63) is 35.1 Å². The van der Waals surface area contributed by atoms with Crippen molar-refractivity contribution in [2.45, 2.75) is 26.1 Å². The number of hydrogen-bond donors (Lipinski definition) is 1. The van der Waals surface area contributed by atoms with Crippen LogP contribution in [0.15, 0.2) is 18.2 Å². The second-order valence-electron chi connectivity index (χ2n) is 3.41. The highest BCUT2D eigenvalue weighted by Gasteiger charge is 2.04. The summed E-state index contributed by atoms with van der Waals surface area (Å²) in [7, 11) is 1.53. The maximum absolute atomic E-state index is 13.3. The van der Waals surface area contributed by atoms with E-state index in [4.69, 9.17) is 9.84 Å². The molecule has 1 aromatic rings. The van der Waals surface area contributed by atoms with Gasteiger partial charge in [0.25, 0.3) is 0 Å². The van der Waals surface area contributed by atoms with Gasteiger partial charge in [0.2, 0.25) is 0 Å². The van der Waals surface area contributed by atoms with Crippen molar-refractivity contribution in [1.82, 2.24) is 0 Å². The molecule has 0 aliphatic rings. The van der Waals surface area contributed by atoms with Crippen molar-refractivity contribution in [3.63, 3.8) is 0 Å². The molecule has 14 heavy (non-hydrogen) atoms. The summed E-state index contributed by atoms with van der Waals surface area (Å²) in [5.41, 5.74) is 1.35. The number of hydrogen-bond acceptors (Lipinski definition) is 2. The van der Waals surface area contributed by atoms with Crippen molar-refractivity contribution >= 4 is 0 Å². The fourth-order valence-electron chi connectivity index (χ4n) is 1.33. The summed E-state index contributed by atoms with van der Waals surface area (Å²) in [4.78, 5) is 0. The zero-order valence-electron chi connectivity index (χ0n) is 8.46. The topological polar surface area (TPSA) is 29.5 Å². The van der Waals surface area contributed by atoms with Gasteiger partial charge in [0.1, 0.15) is 5.82 Å². The minimum absolute atomic E-state index is 0.273. The third kappa shape index (κ3) is 3.09. The summed E-state index contributed by atoms with van der Waals surface area (Å²) in [6.07, 6.45) is 0.0344. The standard InChI is InChI=1S/C11H15FO2/c1-8(13)5-9-3-4-10(7-14-2)11(12)6-9/h3-4,6,8,13H,5,7H2,1-2H3. The highest BCUT2D eigenvalue weighted by Crippen LogP contribution is 2.12.